The van der Waals surface area contributed by atoms with E-state index in [1.807, 2.05) is 6.92 Å². The van der Waals surface area contributed by atoms with Crippen LogP contribution >= 0.6 is 0 Å². The molecule has 3 nitrogen and oxygen atoms in total. The second-order valence-electron chi connectivity index (χ2n) is 5.78. The lowest BCUT2D eigenvalue weighted by Gasteiger charge is -2.45. The molecule has 0 aromatic heterocycles. The van der Waals surface area contributed by atoms with Gasteiger partial charge in [0.05, 0.1) is 5.92 Å². The van der Waals surface area contributed by atoms with Gasteiger partial charge in [-0.15, -0.1) is 0 Å². The third-order valence-corrected chi connectivity index (χ3v) is 4.61. The average molecular weight is 251 g/mol. The number of carbonyl (C=O) groups is 2. The number of rotatable bonds is 4. The number of likely N-dealkylation sites (tertiary alicyclic amines) is 1. The van der Waals surface area contributed by atoms with Crippen molar-refractivity contribution in [3.63, 3.8) is 0 Å². The van der Waals surface area contributed by atoms with Gasteiger partial charge >= 0.3 is 0 Å². The van der Waals surface area contributed by atoms with Crippen molar-refractivity contribution in [2.45, 2.75) is 58.4 Å². The molecule has 0 amide bonds. The minimum atomic E-state index is -0.297. The largest absolute Gasteiger partial charge is 0.300 e. The number of piperidine rings is 1. The SMILES string of the molecule is CCCN1CCCC2CC(=O)C(C(=O)CC)CC21. The molecule has 2 rings (SSSR count). The molecule has 0 N–H and O–H groups in total. The van der Waals surface area contributed by atoms with Crippen molar-refractivity contribution >= 4 is 11.6 Å². The summed E-state index contributed by atoms with van der Waals surface area (Å²) in [5.74, 6) is 0.578. The molecule has 2 fully saturated rings. The molecule has 0 bridgehead atoms. The first-order valence-corrected chi connectivity index (χ1v) is 7.46. The lowest BCUT2D eigenvalue weighted by atomic mass is 9.71. The first-order valence-electron chi connectivity index (χ1n) is 7.46. The summed E-state index contributed by atoms with van der Waals surface area (Å²) in [5.41, 5.74) is 0. The fourth-order valence-electron chi connectivity index (χ4n) is 3.69. The number of nitrogens with zero attached hydrogens (tertiary/aromatic N) is 1. The Balaban J connectivity index is 2.09. The van der Waals surface area contributed by atoms with Crippen molar-refractivity contribution in [3.05, 3.63) is 0 Å². The summed E-state index contributed by atoms with van der Waals surface area (Å²) in [6.07, 6.45) is 5.47. The first-order chi connectivity index (χ1) is 8.67. The molecule has 18 heavy (non-hydrogen) atoms. The number of hydrogen-bond donors (Lipinski definition) is 0. The fourth-order valence-corrected chi connectivity index (χ4v) is 3.69. The van der Waals surface area contributed by atoms with Gasteiger partial charge in [-0.3, -0.25) is 9.59 Å². The predicted molar refractivity (Wildman–Crippen MR) is 71.4 cm³/mol. The van der Waals surface area contributed by atoms with Crippen LogP contribution in [0.5, 0.6) is 0 Å². The van der Waals surface area contributed by atoms with Crippen molar-refractivity contribution in [1.29, 1.82) is 0 Å². The quantitative estimate of drug-likeness (QED) is 0.720. The van der Waals surface area contributed by atoms with Crippen LogP contribution in [0, 0.1) is 11.8 Å². The van der Waals surface area contributed by atoms with Gasteiger partial charge in [0.2, 0.25) is 0 Å². The van der Waals surface area contributed by atoms with Crippen molar-refractivity contribution in [2.75, 3.05) is 13.1 Å². The lowest BCUT2D eigenvalue weighted by Crippen LogP contribution is -2.51. The van der Waals surface area contributed by atoms with E-state index < -0.39 is 0 Å². The van der Waals surface area contributed by atoms with Crippen LogP contribution in [0.2, 0.25) is 0 Å². The molecule has 1 aliphatic carbocycles. The maximum absolute atomic E-state index is 12.1. The molecule has 0 aromatic rings. The topological polar surface area (TPSA) is 37.4 Å². The number of fused-ring (bicyclic) bond motifs is 1. The standard InChI is InChI=1S/C15H25NO2/c1-3-7-16-8-5-6-11-9-15(18)12(10-13(11)16)14(17)4-2/h11-13H,3-10H2,1-2H3. The van der Waals surface area contributed by atoms with Gasteiger partial charge in [-0.25, -0.2) is 0 Å². The van der Waals surface area contributed by atoms with Crippen LogP contribution in [-0.4, -0.2) is 35.6 Å². The van der Waals surface area contributed by atoms with E-state index >= 15 is 0 Å². The van der Waals surface area contributed by atoms with Crippen LogP contribution in [-0.2, 0) is 9.59 Å². The second kappa shape index (κ2) is 5.96. The highest BCUT2D eigenvalue weighted by Crippen LogP contribution is 2.37. The highest BCUT2D eigenvalue weighted by molar-refractivity contribution is 6.02. The predicted octanol–water partition coefficient (Wildman–Crippen LogP) is 2.44. The van der Waals surface area contributed by atoms with Gasteiger partial charge in [0, 0.05) is 18.9 Å². The van der Waals surface area contributed by atoms with Crippen molar-refractivity contribution in [3.8, 4) is 0 Å². The van der Waals surface area contributed by atoms with Gasteiger partial charge in [0.1, 0.15) is 11.6 Å². The van der Waals surface area contributed by atoms with E-state index in [0.29, 0.717) is 24.8 Å². The van der Waals surface area contributed by atoms with Crippen LogP contribution in [0.1, 0.15) is 52.4 Å². The molecule has 0 spiro atoms. The lowest BCUT2D eigenvalue weighted by molar-refractivity contribution is -0.138. The highest BCUT2D eigenvalue weighted by atomic mass is 16.1. The smallest absolute Gasteiger partial charge is 0.143 e. The van der Waals surface area contributed by atoms with E-state index in [2.05, 4.69) is 11.8 Å². The van der Waals surface area contributed by atoms with E-state index in [9.17, 15) is 9.59 Å². The van der Waals surface area contributed by atoms with E-state index in [1.54, 1.807) is 0 Å². The molecule has 1 saturated heterocycles. The van der Waals surface area contributed by atoms with Crippen molar-refractivity contribution in [2.24, 2.45) is 11.8 Å². The summed E-state index contributed by atoms with van der Waals surface area (Å²) < 4.78 is 0. The van der Waals surface area contributed by atoms with E-state index in [1.165, 1.54) is 12.8 Å². The Labute approximate surface area is 110 Å². The average Bonchev–Trinajstić information content (AvgIpc) is 2.37. The third-order valence-electron chi connectivity index (χ3n) is 4.61. The maximum atomic E-state index is 12.1. The normalized spacial score (nSPS) is 33.2. The van der Waals surface area contributed by atoms with Gasteiger partial charge < -0.3 is 4.90 Å². The Morgan fingerprint density at radius 3 is 2.83 bits per heavy atom. The summed E-state index contributed by atoms with van der Waals surface area (Å²) in [4.78, 5) is 26.5. The molecule has 2 aliphatic rings. The second-order valence-corrected chi connectivity index (χ2v) is 5.78. The number of hydrogen-bond acceptors (Lipinski definition) is 3. The van der Waals surface area contributed by atoms with Crippen LogP contribution in [0.15, 0.2) is 0 Å². The summed E-state index contributed by atoms with van der Waals surface area (Å²) in [5, 5.41) is 0. The molecular formula is C15H25NO2. The van der Waals surface area contributed by atoms with E-state index in [-0.39, 0.29) is 17.5 Å². The zero-order valence-corrected chi connectivity index (χ0v) is 11.7. The van der Waals surface area contributed by atoms with Crippen LogP contribution in [0.25, 0.3) is 0 Å². The molecule has 3 unspecified atom stereocenters. The molecule has 1 heterocycles. The molecular weight excluding hydrogens is 226 g/mol. The molecule has 0 radical (unpaired) electrons. The van der Waals surface area contributed by atoms with Crippen LogP contribution in [0.4, 0.5) is 0 Å². The van der Waals surface area contributed by atoms with Gasteiger partial charge in [0.25, 0.3) is 0 Å². The fraction of sp³-hybridized carbons (Fsp3) is 0.867. The minimum Gasteiger partial charge on any atom is -0.300 e. The Bertz CT molecular complexity index is 324. The Kier molecular flexibility index (Phi) is 4.55. The highest BCUT2D eigenvalue weighted by Gasteiger charge is 2.42. The van der Waals surface area contributed by atoms with Crippen molar-refractivity contribution in [1.82, 2.24) is 4.90 Å². The molecule has 102 valence electrons. The Hall–Kier alpha value is -0.700. The zero-order valence-electron chi connectivity index (χ0n) is 11.7. The zero-order chi connectivity index (χ0) is 13.1. The Morgan fingerprint density at radius 1 is 1.39 bits per heavy atom. The number of Topliss-reactive ketones (excluding diaryl/α,β-unsaturated/α-hetero) is 2. The van der Waals surface area contributed by atoms with Gasteiger partial charge in [-0.1, -0.05) is 13.8 Å². The van der Waals surface area contributed by atoms with E-state index in [4.69, 9.17) is 0 Å². The van der Waals surface area contributed by atoms with Gasteiger partial charge in [0.15, 0.2) is 0 Å². The summed E-state index contributed by atoms with van der Waals surface area (Å²) >= 11 is 0. The first kappa shape index (κ1) is 13.7. The minimum absolute atomic E-state index is 0.153. The third kappa shape index (κ3) is 2.66. The molecule has 3 heteroatoms. The molecule has 3 atom stereocenters. The van der Waals surface area contributed by atoms with Crippen LogP contribution < -0.4 is 0 Å². The molecule has 0 aromatic carbocycles. The van der Waals surface area contributed by atoms with Crippen molar-refractivity contribution < 1.29 is 9.59 Å². The van der Waals surface area contributed by atoms with Gasteiger partial charge in [-0.2, -0.15) is 0 Å². The summed E-state index contributed by atoms with van der Waals surface area (Å²) in [6, 6.07) is 0.483. The summed E-state index contributed by atoms with van der Waals surface area (Å²) in [6.45, 7) is 6.33. The van der Waals surface area contributed by atoms with Gasteiger partial charge in [-0.05, 0) is 44.7 Å². The number of ketones is 2. The summed E-state index contributed by atoms with van der Waals surface area (Å²) in [7, 11) is 0. The maximum Gasteiger partial charge on any atom is 0.143 e. The Morgan fingerprint density at radius 2 is 2.17 bits per heavy atom. The van der Waals surface area contributed by atoms with Crippen LogP contribution in [0.3, 0.4) is 0 Å². The van der Waals surface area contributed by atoms with E-state index in [0.717, 1.165) is 25.9 Å². The number of carbonyl (C=O) groups excluding carboxylic acids is 2. The molecule has 1 saturated carbocycles. The monoisotopic (exact) mass is 251 g/mol. The molecule has 1 aliphatic heterocycles.